The first kappa shape index (κ1) is 15.5. The van der Waals surface area contributed by atoms with Crippen molar-refractivity contribution in [3.63, 3.8) is 0 Å². The monoisotopic (exact) mass is 339 g/mol. The number of nitrogens with zero attached hydrogens (tertiary/aromatic N) is 5. The molecule has 0 aliphatic carbocycles. The minimum absolute atomic E-state index is 0.143. The lowest BCUT2D eigenvalue weighted by atomic mass is 10.2. The van der Waals surface area contributed by atoms with Gasteiger partial charge in [-0.05, 0) is 32.9 Å². The van der Waals surface area contributed by atoms with E-state index in [-0.39, 0.29) is 6.54 Å². The van der Waals surface area contributed by atoms with Crippen LogP contribution in [0.25, 0.3) is 27.9 Å². The van der Waals surface area contributed by atoms with E-state index < -0.39 is 5.67 Å². The fraction of sp³-hybridized carbons (Fsp3) is 0.294. The first-order valence-electron chi connectivity index (χ1n) is 7.99. The third-order valence-electron chi connectivity index (χ3n) is 3.82. The van der Waals surface area contributed by atoms with Gasteiger partial charge in [0.1, 0.15) is 11.3 Å². The average Bonchev–Trinajstić information content (AvgIpc) is 3.13. The molecule has 4 aromatic heterocycles. The molecule has 7 nitrogen and oxygen atoms in total. The molecule has 0 fully saturated rings. The second kappa shape index (κ2) is 5.51. The quantitative estimate of drug-likeness (QED) is 0.597. The number of alkyl halides is 1. The van der Waals surface area contributed by atoms with Crippen molar-refractivity contribution in [3.8, 4) is 11.3 Å². The third kappa shape index (κ3) is 3.02. The highest BCUT2D eigenvalue weighted by molar-refractivity contribution is 5.92. The van der Waals surface area contributed by atoms with Crippen molar-refractivity contribution in [2.75, 3.05) is 11.9 Å². The number of hydrogen-bond acceptors (Lipinski definition) is 5. The lowest BCUT2D eigenvalue weighted by Crippen LogP contribution is -2.25. The lowest BCUT2D eigenvalue weighted by molar-refractivity contribution is 0.234. The van der Waals surface area contributed by atoms with Crippen LogP contribution in [0.1, 0.15) is 19.5 Å². The summed E-state index contributed by atoms with van der Waals surface area (Å²) in [5, 5.41) is 8.36. The standard InChI is InChI=1S/C17H18FN7/c1-10-8-25-14(22-10)5-4-13(24-25)11-6-19-15-12(11)7-20-16(23-15)21-9-17(2,3)18/h4-8H,9H2,1-3H3,(H2,19,20,21,23). The van der Waals surface area contributed by atoms with Crippen molar-refractivity contribution in [1.82, 2.24) is 29.5 Å². The molecule has 0 saturated heterocycles. The number of anilines is 1. The Bertz CT molecular complexity index is 1060. The van der Waals surface area contributed by atoms with E-state index in [0.29, 0.717) is 11.6 Å². The van der Waals surface area contributed by atoms with Crippen molar-refractivity contribution < 1.29 is 4.39 Å². The molecule has 0 unspecified atom stereocenters. The third-order valence-corrected chi connectivity index (χ3v) is 3.82. The molecule has 25 heavy (non-hydrogen) atoms. The van der Waals surface area contributed by atoms with Gasteiger partial charge < -0.3 is 10.3 Å². The van der Waals surface area contributed by atoms with Gasteiger partial charge in [-0.25, -0.2) is 18.9 Å². The van der Waals surface area contributed by atoms with Crippen LogP contribution in [0.4, 0.5) is 10.3 Å². The Kier molecular flexibility index (Phi) is 3.41. The smallest absolute Gasteiger partial charge is 0.224 e. The van der Waals surface area contributed by atoms with Gasteiger partial charge in [0.25, 0.3) is 0 Å². The van der Waals surface area contributed by atoms with Crippen molar-refractivity contribution in [2.45, 2.75) is 26.4 Å². The maximum Gasteiger partial charge on any atom is 0.224 e. The number of aromatic amines is 1. The van der Waals surface area contributed by atoms with Crippen LogP contribution in [-0.2, 0) is 0 Å². The molecule has 8 heteroatoms. The predicted molar refractivity (Wildman–Crippen MR) is 94.3 cm³/mol. The summed E-state index contributed by atoms with van der Waals surface area (Å²) in [6, 6.07) is 3.84. The number of rotatable bonds is 4. The Morgan fingerprint density at radius 2 is 2.12 bits per heavy atom. The number of H-pyrrole nitrogens is 1. The topological polar surface area (TPSA) is 83.8 Å². The molecule has 0 aromatic carbocycles. The summed E-state index contributed by atoms with van der Waals surface area (Å²) in [7, 11) is 0. The van der Waals surface area contributed by atoms with Gasteiger partial charge in [-0.3, -0.25) is 0 Å². The molecular formula is C17H18FN7. The van der Waals surface area contributed by atoms with E-state index in [1.165, 1.54) is 13.8 Å². The number of aromatic nitrogens is 6. The molecule has 0 aliphatic heterocycles. The molecule has 0 atom stereocenters. The fourth-order valence-electron chi connectivity index (χ4n) is 2.64. The van der Waals surface area contributed by atoms with Gasteiger partial charge in [0.15, 0.2) is 5.65 Å². The van der Waals surface area contributed by atoms with Crippen LogP contribution in [-0.4, -0.2) is 41.8 Å². The molecule has 128 valence electrons. The Morgan fingerprint density at radius 1 is 1.28 bits per heavy atom. The first-order valence-corrected chi connectivity index (χ1v) is 7.99. The Morgan fingerprint density at radius 3 is 2.92 bits per heavy atom. The van der Waals surface area contributed by atoms with Crippen LogP contribution >= 0.6 is 0 Å². The van der Waals surface area contributed by atoms with Gasteiger partial charge in [-0.1, -0.05) is 0 Å². The molecule has 4 rings (SSSR count). The van der Waals surface area contributed by atoms with Crippen LogP contribution in [0.3, 0.4) is 0 Å². The largest absolute Gasteiger partial charge is 0.351 e. The molecule has 0 bridgehead atoms. The summed E-state index contributed by atoms with van der Waals surface area (Å²) in [5.74, 6) is 0.389. The Balaban J connectivity index is 1.70. The maximum absolute atomic E-state index is 13.6. The fourth-order valence-corrected chi connectivity index (χ4v) is 2.64. The van der Waals surface area contributed by atoms with Crippen LogP contribution < -0.4 is 5.32 Å². The maximum atomic E-state index is 13.6. The average molecular weight is 339 g/mol. The number of nitrogens with one attached hydrogen (secondary N) is 2. The second-order valence-electron chi connectivity index (χ2n) is 6.63. The van der Waals surface area contributed by atoms with E-state index in [4.69, 9.17) is 0 Å². The number of halogens is 1. The highest BCUT2D eigenvalue weighted by Gasteiger charge is 2.16. The SMILES string of the molecule is Cc1cn2nc(-c3c[nH]c4nc(NCC(C)(C)F)ncc34)ccc2n1. The minimum Gasteiger partial charge on any atom is -0.351 e. The second-order valence-corrected chi connectivity index (χ2v) is 6.63. The van der Waals surface area contributed by atoms with E-state index in [0.717, 1.165) is 28.0 Å². The van der Waals surface area contributed by atoms with Crippen molar-refractivity contribution in [3.05, 3.63) is 36.4 Å². The molecular weight excluding hydrogens is 321 g/mol. The van der Waals surface area contributed by atoms with Crippen LogP contribution in [0.2, 0.25) is 0 Å². The van der Waals surface area contributed by atoms with E-state index >= 15 is 0 Å². The van der Waals surface area contributed by atoms with Crippen LogP contribution in [0.5, 0.6) is 0 Å². The summed E-state index contributed by atoms with van der Waals surface area (Å²) < 4.78 is 15.4. The zero-order valence-electron chi connectivity index (χ0n) is 14.2. The zero-order valence-corrected chi connectivity index (χ0v) is 14.2. The van der Waals surface area contributed by atoms with Crippen LogP contribution in [0.15, 0.2) is 30.7 Å². The van der Waals surface area contributed by atoms with Gasteiger partial charge in [0, 0.05) is 23.3 Å². The molecule has 0 amide bonds. The normalized spacial score (nSPS) is 12.2. The zero-order chi connectivity index (χ0) is 17.6. The molecule has 0 saturated carbocycles. The Hall–Kier alpha value is -3.03. The van der Waals surface area contributed by atoms with Crippen molar-refractivity contribution in [2.24, 2.45) is 0 Å². The van der Waals surface area contributed by atoms with E-state index in [9.17, 15) is 4.39 Å². The van der Waals surface area contributed by atoms with E-state index in [1.807, 2.05) is 31.5 Å². The molecule has 4 aromatic rings. The minimum atomic E-state index is -1.33. The summed E-state index contributed by atoms with van der Waals surface area (Å²) in [5.41, 5.74) is 2.76. The predicted octanol–water partition coefficient (Wildman–Crippen LogP) is 3.14. The highest BCUT2D eigenvalue weighted by Crippen LogP contribution is 2.26. The molecule has 0 spiro atoms. The first-order chi connectivity index (χ1) is 11.9. The summed E-state index contributed by atoms with van der Waals surface area (Å²) in [6.45, 7) is 5.08. The van der Waals surface area contributed by atoms with E-state index in [1.54, 1.807) is 10.7 Å². The lowest BCUT2D eigenvalue weighted by Gasteiger charge is -2.14. The molecule has 2 N–H and O–H groups in total. The van der Waals surface area contributed by atoms with Gasteiger partial charge >= 0.3 is 0 Å². The Labute approximate surface area is 143 Å². The number of hydrogen-bond donors (Lipinski definition) is 2. The van der Waals surface area contributed by atoms with Gasteiger partial charge in [-0.2, -0.15) is 10.1 Å². The van der Waals surface area contributed by atoms with Crippen LogP contribution in [0, 0.1) is 6.92 Å². The van der Waals surface area contributed by atoms with Gasteiger partial charge in [-0.15, -0.1) is 0 Å². The highest BCUT2D eigenvalue weighted by atomic mass is 19.1. The van der Waals surface area contributed by atoms with Gasteiger partial charge in [0.05, 0.1) is 24.1 Å². The van der Waals surface area contributed by atoms with Crippen molar-refractivity contribution >= 4 is 22.6 Å². The summed E-state index contributed by atoms with van der Waals surface area (Å²) >= 11 is 0. The number of aryl methyl sites for hydroxylation is 1. The van der Waals surface area contributed by atoms with Crippen molar-refractivity contribution in [1.29, 1.82) is 0 Å². The summed E-state index contributed by atoms with van der Waals surface area (Å²) in [4.78, 5) is 16.2. The molecule has 0 aliphatic rings. The van der Waals surface area contributed by atoms with Gasteiger partial charge in [0.2, 0.25) is 5.95 Å². The number of fused-ring (bicyclic) bond motifs is 2. The molecule has 0 radical (unpaired) electrons. The van der Waals surface area contributed by atoms with E-state index in [2.05, 4.69) is 30.4 Å². The number of imidazole rings is 1. The molecule has 4 heterocycles. The summed E-state index contributed by atoms with van der Waals surface area (Å²) in [6.07, 6.45) is 5.44.